The predicted molar refractivity (Wildman–Crippen MR) is 138 cm³/mol. The van der Waals surface area contributed by atoms with Crippen LogP contribution in [0.1, 0.15) is 79.0 Å². The normalized spacial score (nSPS) is 13.9. The summed E-state index contributed by atoms with van der Waals surface area (Å²) in [6, 6.07) is 21.3. The van der Waals surface area contributed by atoms with Crippen LogP contribution in [0, 0.1) is 0 Å². The summed E-state index contributed by atoms with van der Waals surface area (Å²) in [6.45, 7) is 18.2. The summed E-state index contributed by atoms with van der Waals surface area (Å²) in [5.41, 5.74) is 1.72. The molecular weight excluding hydrogens is 408 g/mol. The molecule has 0 heterocycles. The van der Waals surface area contributed by atoms with Crippen molar-refractivity contribution in [3.05, 3.63) is 71.8 Å². The Hall–Kier alpha value is -2.17. The van der Waals surface area contributed by atoms with E-state index < -0.39 is 5.60 Å². The van der Waals surface area contributed by atoms with Gasteiger partial charge in [0, 0.05) is 30.1 Å². The predicted octanol–water partition coefficient (Wildman–Crippen LogP) is 6.47. The highest BCUT2D eigenvalue weighted by Crippen LogP contribution is 2.37. The van der Waals surface area contributed by atoms with Gasteiger partial charge in [0.25, 0.3) is 0 Å². The number of hydrogen-bond donors (Lipinski definition) is 0. The molecule has 2 rings (SSSR count). The average Bonchev–Trinajstić information content (AvgIpc) is 2.70. The minimum atomic E-state index is -0.615. The van der Waals surface area contributed by atoms with Crippen molar-refractivity contribution in [1.82, 2.24) is 9.80 Å². The number of rotatable bonds is 9. The summed E-state index contributed by atoms with van der Waals surface area (Å²) in [5, 5.41) is 0. The second-order valence-corrected chi connectivity index (χ2v) is 11.7. The Morgan fingerprint density at radius 2 is 1.33 bits per heavy atom. The van der Waals surface area contributed by atoms with E-state index in [1.54, 1.807) is 0 Å². The van der Waals surface area contributed by atoms with E-state index in [1.165, 1.54) is 11.1 Å². The Morgan fingerprint density at radius 1 is 0.818 bits per heavy atom. The highest BCUT2D eigenvalue weighted by Gasteiger charge is 2.36. The van der Waals surface area contributed by atoms with E-state index >= 15 is 0 Å². The molecule has 182 valence electrons. The molecule has 0 aromatic heterocycles. The number of ether oxygens (including phenoxy) is 1. The Morgan fingerprint density at radius 3 is 1.82 bits per heavy atom. The fourth-order valence-corrected chi connectivity index (χ4v) is 3.96. The number of likely N-dealkylation sites (N-methyl/N-ethyl adjacent to an activating group) is 1. The Kier molecular flexibility index (Phi) is 8.89. The van der Waals surface area contributed by atoms with Crippen LogP contribution in [0.5, 0.6) is 0 Å². The topological polar surface area (TPSA) is 32.8 Å². The summed E-state index contributed by atoms with van der Waals surface area (Å²) in [7, 11) is 1.96. The molecule has 2 aromatic rings. The molecule has 0 spiro atoms. The van der Waals surface area contributed by atoms with E-state index in [9.17, 15) is 4.79 Å². The van der Waals surface area contributed by atoms with Gasteiger partial charge in [-0.15, -0.1) is 0 Å². The smallest absolute Gasteiger partial charge is 0.320 e. The molecule has 4 heteroatoms. The number of carbonyl (C=O) groups excluding carboxylic acids is 1. The molecule has 0 saturated carbocycles. The molecular formula is C29H44N2O2. The summed E-state index contributed by atoms with van der Waals surface area (Å²) in [5.74, 6) is -0.186. The van der Waals surface area contributed by atoms with E-state index in [-0.39, 0.29) is 29.6 Å². The summed E-state index contributed by atoms with van der Waals surface area (Å²) >= 11 is 0. The number of benzene rings is 2. The molecule has 4 nitrogen and oxygen atoms in total. The largest absolute Gasteiger partial charge is 0.459 e. The first-order valence-corrected chi connectivity index (χ1v) is 12.0. The van der Waals surface area contributed by atoms with Gasteiger partial charge in [-0.2, -0.15) is 0 Å². The molecule has 0 saturated heterocycles. The van der Waals surface area contributed by atoms with Gasteiger partial charge in [-0.05, 0) is 73.6 Å². The van der Waals surface area contributed by atoms with Gasteiger partial charge in [0.1, 0.15) is 5.60 Å². The molecule has 0 amide bonds. The van der Waals surface area contributed by atoms with Crippen molar-refractivity contribution in [3.8, 4) is 0 Å². The van der Waals surface area contributed by atoms with E-state index in [0.717, 1.165) is 6.54 Å². The summed E-state index contributed by atoms with van der Waals surface area (Å²) < 4.78 is 6.06. The first-order chi connectivity index (χ1) is 15.2. The SMILES string of the molecule is CN(CC(=O)OC(C)(C)CC(c1ccccc1)N(Cc1ccccc1)C(C)(C)C)C(C)(C)C. The molecule has 0 aliphatic heterocycles. The lowest BCUT2D eigenvalue weighted by atomic mass is 9.88. The quantitative estimate of drug-likeness (QED) is 0.408. The van der Waals surface area contributed by atoms with E-state index in [2.05, 4.69) is 101 Å². The lowest BCUT2D eigenvalue weighted by molar-refractivity contribution is -0.161. The van der Waals surface area contributed by atoms with Crippen molar-refractivity contribution in [3.63, 3.8) is 0 Å². The van der Waals surface area contributed by atoms with Crippen LogP contribution in [0.25, 0.3) is 0 Å². The minimum Gasteiger partial charge on any atom is -0.459 e. The van der Waals surface area contributed by atoms with Gasteiger partial charge in [0.05, 0.1) is 6.54 Å². The maximum atomic E-state index is 12.8. The van der Waals surface area contributed by atoms with Crippen molar-refractivity contribution in [2.75, 3.05) is 13.6 Å². The van der Waals surface area contributed by atoms with Crippen LogP contribution < -0.4 is 0 Å². The zero-order valence-corrected chi connectivity index (χ0v) is 22.2. The fourth-order valence-electron chi connectivity index (χ4n) is 3.96. The summed E-state index contributed by atoms with van der Waals surface area (Å²) in [6.07, 6.45) is 0.700. The van der Waals surface area contributed by atoms with Crippen LogP contribution in [0.2, 0.25) is 0 Å². The van der Waals surface area contributed by atoms with Gasteiger partial charge in [0.15, 0.2) is 0 Å². The maximum absolute atomic E-state index is 12.8. The molecule has 1 unspecified atom stereocenters. The second-order valence-electron chi connectivity index (χ2n) is 11.7. The van der Waals surface area contributed by atoms with Crippen LogP contribution in [-0.2, 0) is 16.1 Å². The third-order valence-electron chi connectivity index (χ3n) is 6.20. The number of esters is 1. The van der Waals surface area contributed by atoms with Gasteiger partial charge in [-0.1, -0.05) is 60.7 Å². The molecule has 0 fully saturated rings. The zero-order valence-electron chi connectivity index (χ0n) is 22.2. The van der Waals surface area contributed by atoms with Gasteiger partial charge >= 0.3 is 5.97 Å². The van der Waals surface area contributed by atoms with Crippen molar-refractivity contribution < 1.29 is 9.53 Å². The molecule has 2 aromatic carbocycles. The minimum absolute atomic E-state index is 0.0805. The van der Waals surface area contributed by atoms with Gasteiger partial charge in [-0.25, -0.2) is 0 Å². The van der Waals surface area contributed by atoms with Crippen LogP contribution in [0.3, 0.4) is 0 Å². The third-order valence-corrected chi connectivity index (χ3v) is 6.20. The van der Waals surface area contributed by atoms with Crippen LogP contribution in [0.15, 0.2) is 60.7 Å². The Balaban J connectivity index is 2.31. The lowest BCUT2D eigenvalue weighted by Gasteiger charge is -2.44. The van der Waals surface area contributed by atoms with Crippen molar-refractivity contribution in [2.45, 2.75) is 91.1 Å². The first-order valence-electron chi connectivity index (χ1n) is 12.0. The van der Waals surface area contributed by atoms with Crippen LogP contribution in [-0.4, -0.2) is 46.0 Å². The average molecular weight is 453 g/mol. The molecule has 0 aliphatic rings. The number of hydrogen-bond acceptors (Lipinski definition) is 4. The Labute approximate surface area is 201 Å². The molecule has 0 bridgehead atoms. The molecule has 0 N–H and O–H groups in total. The number of nitrogens with zero attached hydrogens (tertiary/aromatic N) is 2. The standard InChI is InChI=1S/C29H44N2O2/c1-27(2,3)30(9)22-26(32)33-29(7,8)20-25(24-18-14-11-15-19-24)31(28(4,5)6)21-23-16-12-10-13-17-23/h10-19,25H,20-22H2,1-9H3. The van der Waals surface area contributed by atoms with Gasteiger partial charge < -0.3 is 4.74 Å². The van der Waals surface area contributed by atoms with E-state index in [1.807, 2.05) is 31.9 Å². The second kappa shape index (κ2) is 10.8. The van der Waals surface area contributed by atoms with Crippen molar-refractivity contribution >= 4 is 5.97 Å². The lowest BCUT2D eigenvalue weighted by Crippen LogP contribution is -2.47. The maximum Gasteiger partial charge on any atom is 0.320 e. The monoisotopic (exact) mass is 452 g/mol. The van der Waals surface area contributed by atoms with E-state index in [4.69, 9.17) is 4.74 Å². The zero-order chi connectivity index (χ0) is 24.9. The molecule has 0 radical (unpaired) electrons. The molecule has 0 aliphatic carbocycles. The Bertz CT molecular complexity index is 864. The summed E-state index contributed by atoms with van der Waals surface area (Å²) in [4.78, 5) is 17.4. The molecule has 33 heavy (non-hydrogen) atoms. The highest BCUT2D eigenvalue weighted by atomic mass is 16.6. The van der Waals surface area contributed by atoms with Gasteiger partial charge in [0.2, 0.25) is 0 Å². The van der Waals surface area contributed by atoms with Crippen molar-refractivity contribution in [2.24, 2.45) is 0 Å². The molecule has 1 atom stereocenters. The number of carbonyl (C=O) groups is 1. The first kappa shape index (κ1) is 27.1. The third kappa shape index (κ3) is 8.60. The van der Waals surface area contributed by atoms with Crippen molar-refractivity contribution in [1.29, 1.82) is 0 Å². The fraction of sp³-hybridized carbons (Fsp3) is 0.552. The van der Waals surface area contributed by atoms with Crippen LogP contribution in [0.4, 0.5) is 0 Å². The van der Waals surface area contributed by atoms with Gasteiger partial charge in [-0.3, -0.25) is 14.6 Å². The van der Waals surface area contributed by atoms with Crippen LogP contribution >= 0.6 is 0 Å². The highest BCUT2D eigenvalue weighted by molar-refractivity contribution is 5.72. The van der Waals surface area contributed by atoms with E-state index in [0.29, 0.717) is 6.42 Å².